The van der Waals surface area contributed by atoms with Crippen molar-refractivity contribution in [2.24, 2.45) is 0 Å². The number of hydrogen-bond acceptors (Lipinski definition) is 4. The molecule has 0 saturated heterocycles. The van der Waals surface area contributed by atoms with Crippen LogP contribution in [0, 0.1) is 13.8 Å². The summed E-state index contributed by atoms with van der Waals surface area (Å²) in [6.45, 7) is 3.70. The molecular formula is C15H18N2O4. The van der Waals surface area contributed by atoms with Crippen LogP contribution in [0.25, 0.3) is 0 Å². The minimum absolute atomic E-state index is 0.0579. The molecular weight excluding hydrogens is 272 g/mol. The Morgan fingerprint density at radius 3 is 2.57 bits per heavy atom. The summed E-state index contributed by atoms with van der Waals surface area (Å²) < 4.78 is 6.72. The predicted molar refractivity (Wildman–Crippen MR) is 78.7 cm³/mol. The van der Waals surface area contributed by atoms with Crippen molar-refractivity contribution < 1.29 is 9.84 Å². The van der Waals surface area contributed by atoms with Gasteiger partial charge < -0.3 is 9.84 Å². The molecule has 2 N–H and O–H groups in total. The first-order chi connectivity index (χ1) is 9.95. The Morgan fingerprint density at radius 1 is 1.24 bits per heavy atom. The number of aliphatic hydroxyl groups excluding tert-OH is 1. The number of nitrogens with zero attached hydrogens (tertiary/aromatic N) is 1. The van der Waals surface area contributed by atoms with Crippen molar-refractivity contribution in [2.75, 3.05) is 6.61 Å². The van der Waals surface area contributed by atoms with Gasteiger partial charge in [-0.1, -0.05) is 17.7 Å². The van der Waals surface area contributed by atoms with E-state index in [9.17, 15) is 14.7 Å². The third kappa shape index (κ3) is 4.06. The van der Waals surface area contributed by atoms with Crippen molar-refractivity contribution in [3.05, 3.63) is 62.4 Å². The Morgan fingerprint density at radius 2 is 1.90 bits per heavy atom. The van der Waals surface area contributed by atoms with E-state index in [-0.39, 0.29) is 13.2 Å². The number of benzene rings is 1. The highest BCUT2D eigenvalue weighted by Crippen LogP contribution is 2.11. The summed E-state index contributed by atoms with van der Waals surface area (Å²) in [4.78, 5) is 25.0. The van der Waals surface area contributed by atoms with E-state index in [0.29, 0.717) is 11.3 Å². The average molecular weight is 290 g/mol. The van der Waals surface area contributed by atoms with Gasteiger partial charge in [0.2, 0.25) is 0 Å². The maximum absolute atomic E-state index is 11.6. The second kappa shape index (κ2) is 6.41. The average Bonchev–Trinajstić information content (AvgIpc) is 2.44. The van der Waals surface area contributed by atoms with E-state index in [4.69, 9.17) is 4.74 Å². The van der Waals surface area contributed by atoms with Crippen LogP contribution in [0.15, 0.2) is 40.1 Å². The highest BCUT2D eigenvalue weighted by Gasteiger charge is 2.09. The zero-order valence-corrected chi connectivity index (χ0v) is 12.0. The zero-order valence-electron chi connectivity index (χ0n) is 12.0. The van der Waals surface area contributed by atoms with Crippen LogP contribution in [-0.2, 0) is 6.54 Å². The van der Waals surface area contributed by atoms with Crippen molar-refractivity contribution in [3.8, 4) is 5.75 Å². The minimum atomic E-state index is -0.852. The van der Waals surface area contributed by atoms with Gasteiger partial charge in [-0.15, -0.1) is 0 Å². The molecule has 6 nitrogen and oxygen atoms in total. The monoisotopic (exact) mass is 290 g/mol. The van der Waals surface area contributed by atoms with Gasteiger partial charge in [-0.05, 0) is 26.0 Å². The van der Waals surface area contributed by atoms with Crippen molar-refractivity contribution in [1.29, 1.82) is 0 Å². The lowest BCUT2D eigenvalue weighted by atomic mass is 10.2. The molecule has 0 radical (unpaired) electrons. The Kier molecular flexibility index (Phi) is 4.59. The van der Waals surface area contributed by atoms with E-state index in [1.807, 2.05) is 31.2 Å². The predicted octanol–water partition coefficient (Wildman–Crippen LogP) is 0.593. The smallest absolute Gasteiger partial charge is 0.328 e. The third-order valence-electron chi connectivity index (χ3n) is 3.06. The molecule has 0 fully saturated rings. The molecule has 1 aromatic carbocycles. The number of aliphatic hydroxyl groups is 1. The second-order valence-electron chi connectivity index (χ2n) is 5.00. The van der Waals surface area contributed by atoms with Gasteiger partial charge in [-0.3, -0.25) is 14.3 Å². The molecule has 2 aromatic rings. The standard InChI is InChI=1S/C15H18N2O4/c1-10-3-5-13(6-4-10)21-9-12(18)8-17-7-11(2)14(19)16-15(17)20/h3-7,12,18H,8-9H2,1-2H3,(H,16,19,20). The van der Waals surface area contributed by atoms with Crippen LogP contribution in [0.1, 0.15) is 11.1 Å². The molecule has 0 aliphatic rings. The van der Waals surface area contributed by atoms with Crippen LogP contribution >= 0.6 is 0 Å². The topological polar surface area (TPSA) is 84.3 Å². The SMILES string of the molecule is Cc1ccc(OCC(O)Cn2cc(C)c(=O)[nH]c2=O)cc1. The van der Waals surface area contributed by atoms with Crippen molar-refractivity contribution >= 4 is 0 Å². The Labute approximate surface area is 121 Å². The van der Waals surface area contributed by atoms with Crippen LogP contribution in [0.2, 0.25) is 0 Å². The van der Waals surface area contributed by atoms with Crippen LogP contribution in [-0.4, -0.2) is 27.4 Å². The lowest BCUT2D eigenvalue weighted by molar-refractivity contribution is 0.0911. The van der Waals surface area contributed by atoms with Gasteiger partial charge >= 0.3 is 5.69 Å². The molecule has 0 amide bonds. The fourth-order valence-corrected chi connectivity index (χ4v) is 1.86. The number of rotatable bonds is 5. The summed E-state index contributed by atoms with van der Waals surface area (Å²) in [7, 11) is 0. The number of aromatic nitrogens is 2. The maximum atomic E-state index is 11.6. The first-order valence-electron chi connectivity index (χ1n) is 6.63. The summed E-state index contributed by atoms with van der Waals surface area (Å²) >= 11 is 0. The Bertz CT molecular complexity index is 716. The third-order valence-corrected chi connectivity index (χ3v) is 3.06. The fourth-order valence-electron chi connectivity index (χ4n) is 1.86. The number of aromatic amines is 1. The first-order valence-corrected chi connectivity index (χ1v) is 6.63. The van der Waals surface area contributed by atoms with Crippen molar-refractivity contribution in [3.63, 3.8) is 0 Å². The van der Waals surface area contributed by atoms with E-state index in [1.165, 1.54) is 10.8 Å². The van der Waals surface area contributed by atoms with Gasteiger partial charge in [-0.2, -0.15) is 0 Å². The molecule has 0 aliphatic carbocycles. The van der Waals surface area contributed by atoms with Gasteiger partial charge in [0.1, 0.15) is 18.5 Å². The zero-order chi connectivity index (χ0) is 15.4. The van der Waals surface area contributed by atoms with E-state index in [0.717, 1.165) is 5.56 Å². The molecule has 0 spiro atoms. The summed E-state index contributed by atoms with van der Waals surface area (Å²) in [6, 6.07) is 7.46. The number of H-pyrrole nitrogens is 1. The molecule has 1 atom stereocenters. The molecule has 21 heavy (non-hydrogen) atoms. The van der Waals surface area contributed by atoms with Crippen molar-refractivity contribution in [2.45, 2.75) is 26.5 Å². The molecule has 0 bridgehead atoms. The van der Waals surface area contributed by atoms with Gasteiger partial charge in [0.25, 0.3) is 5.56 Å². The highest BCUT2D eigenvalue weighted by atomic mass is 16.5. The van der Waals surface area contributed by atoms with Crippen LogP contribution in [0.3, 0.4) is 0 Å². The number of hydrogen-bond donors (Lipinski definition) is 2. The summed E-state index contributed by atoms with van der Waals surface area (Å²) in [5.74, 6) is 0.657. The van der Waals surface area contributed by atoms with Gasteiger partial charge in [0, 0.05) is 11.8 Å². The second-order valence-corrected chi connectivity index (χ2v) is 5.00. The molecule has 0 aliphatic heterocycles. The van der Waals surface area contributed by atoms with Crippen LogP contribution in [0.4, 0.5) is 0 Å². The van der Waals surface area contributed by atoms with Crippen LogP contribution in [0.5, 0.6) is 5.75 Å². The normalized spacial score (nSPS) is 12.1. The quantitative estimate of drug-likeness (QED) is 0.844. The number of aryl methyl sites for hydroxylation is 2. The van der Waals surface area contributed by atoms with E-state index in [1.54, 1.807) is 6.92 Å². The van der Waals surface area contributed by atoms with E-state index < -0.39 is 17.4 Å². The van der Waals surface area contributed by atoms with E-state index in [2.05, 4.69) is 4.98 Å². The fraction of sp³-hybridized carbons (Fsp3) is 0.333. The molecule has 2 rings (SSSR count). The summed E-state index contributed by atoms with van der Waals surface area (Å²) in [6.07, 6.45) is 0.574. The van der Waals surface area contributed by atoms with Crippen molar-refractivity contribution in [1.82, 2.24) is 9.55 Å². The summed E-state index contributed by atoms with van der Waals surface area (Å²) in [5.41, 5.74) is 0.584. The molecule has 1 aromatic heterocycles. The molecule has 6 heteroatoms. The highest BCUT2D eigenvalue weighted by molar-refractivity contribution is 5.26. The number of nitrogens with one attached hydrogen (secondary N) is 1. The molecule has 0 saturated carbocycles. The first kappa shape index (κ1) is 15.1. The lowest BCUT2D eigenvalue weighted by Crippen LogP contribution is -2.35. The molecule has 112 valence electrons. The van der Waals surface area contributed by atoms with Gasteiger partial charge in [0.05, 0.1) is 6.54 Å². The molecule has 1 heterocycles. The maximum Gasteiger partial charge on any atom is 0.328 e. The lowest BCUT2D eigenvalue weighted by Gasteiger charge is -2.14. The van der Waals surface area contributed by atoms with Gasteiger partial charge in [-0.25, -0.2) is 4.79 Å². The number of ether oxygens (including phenoxy) is 1. The molecule has 1 unspecified atom stereocenters. The largest absolute Gasteiger partial charge is 0.491 e. The Balaban J connectivity index is 1.97. The van der Waals surface area contributed by atoms with Crippen LogP contribution < -0.4 is 16.0 Å². The minimum Gasteiger partial charge on any atom is -0.491 e. The Hall–Kier alpha value is -2.34. The van der Waals surface area contributed by atoms with E-state index >= 15 is 0 Å². The summed E-state index contributed by atoms with van der Waals surface area (Å²) in [5, 5.41) is 9.93. The van der Waals surface area contributed by atoms with Gasteiger partial charge in [0.15, 0.2) is 0 Å².